The molecule has 0 aromatic carbocycles. The Bertz CT molecular complexity index is 294. The van der Waals surface area contributed by atoms with Gasteiger partial charge in [0, 0.05) is 6.61 Å². The molecule has 0 bridgehead atoms. The first-order valence-electron chi connectivity index (χ1n) is 10.7. The van der Waals surface area contributed by atoms with Gasteiger partial charge in [-0.05, 0) is 26.2 Å². The number of hydrogen-bond acceptors (Lipinski definition) is 1. The van der Waals surface area contributed by atoms with Crippen molar-refractivity contribution in [2.75, 3.05) is 13.3 Å². The van der Waals surface area contributed by atoms with Gasteiger partial charge in [0.15, 0.2) is 0 Å². The van der Waals surface area contributed by atoms with Gasteiger partial charge in [-0.3, -0.25) is 4.39 Å². The molecule has 0 saturated carbocycles. The lowest BCUT2D eigenvalue weighted by atomic mass is 9.90. The number of hydrogen-bond donors (Lipinski definition) is 0. The molecule has 0 saturated heterocycles. The van der Waals surface area contributed by atoms with Crippen molar-refractivity contribution in [1.82, 2.24) is 0 Å². The Labute approximate surface area is 158 Å². The Morgan fingerprint density at radius 3 is 1.69 bits per heavy atom. The summed E-state index contributed by atoms with van der Waals surface area (Å²) in [6, 6.07) is 0. The first-order valence-corrected chi connectivity index (χ1v) is 10.7. The number of ether oxygens (including phenoxy) is 1. The number of halogens is 4. The van der Waals surface area contributed by atoms with Crippen molar-refractivity contribution in [3.8, 4) is 0 Å². The second kappa shape index (κ2) is 16.8. The maximum absolute atomic E-state index is 13.5. The van der Waals surface area contributed by atoms with Gasteiger partial charge in [-0.1, -0.05) is 77.6 Å². The van der Waals surface area contributed by atoms with E-state index in [2.05, 4.69) is 6.92 Å². The SMILES string of the molecule is CCCCCCCCCC(OCC)C(CCCCCCCF)C(F)(F)F. The molecule has 0 fully saturated rings. The second-order valence-electron chi connectivity index (χ2n) is 7.30. The largest absolute Gasteiger partial charge is 0.394 e. The van der Waals surface area contributed by atoms with Crippen LogP contribution >= 0.6 is 0 Å². The van der Waals surface area contributed by atoms with Gasteiger partial charge in [-0.2, -0.15) is 13.2 Å². The molecule has 2 atom stereocenters. The second-order valence-corrected chi connectivity index (χ2v) is 7.30. The molecule has 0 aliphatic heterocycles. The Kier molecular flexibility index (Phi) is 16.6. The van der Waals surface area contributed by atoms with Crippen molar-refractivity contribution in [2.45, 2.75) is 116 Å². The van der Waals surface area contributed by atoms with E-state index in [1.54, 1.807) is 6.92 Å². The molecule has 0 aliphatic rings. The molecule has 26 heavy (non-hydrogen) atoms. The molecule has 1 nitrogen and oxygen atoms in total. The minimum Gasteiger partial charge on any atom is -0.378 e. The van der Waals surface area contributed by atoms with Crippen LogP contribution in [0.4, 0.5) is 17.6 Å². The predicted octanol–water partition coefficient (Wildman–Crippen LogP) is 8.02. The smallest absolute Gasteiger partial charge is 0.378 e. The Balaban J connectivity index is 4.29. The highest BCUT2D eigenvalue weighted by molar-refractivity contribution is 4.77. The van der Waals surface area contributed by atoms with E-state index < -0.39 is 18.2 Å². The fourth-order valence-electron chi connectivity index (χ4n) is 3.47. The topological polar surface area (TPSA) is 9.23 Å². The van der Waals surface area contributed by atoms with E-state index in [1.165, 1.54) is 25.7 Å². The van der Waals surface area contributed by atoms with Crippen molar-refractivity contribution in [3.05, 3.63) is 0 Å². The average molecular weight is 385 g/mol. The van der Waals surface area contributed by atoms with Gasteiger partial charge >= 0.3 is 6.18 Å². The monoisotopic (exact) mass is 384 g/mol. The molecule has 0 aromatic rings. The van der Waals surface area contributed by atoms with Crippen LogP contribution in [0.3, 0.4) is 0 Å². The first kappa shape index (κ1) is 25.7. The standard InChI is InChI=1S/C21H40F4O/c1-3-5-6-7-8-11-14-17-20(26-4-2)19(21(23,24)25)16-13-10-9-12-15-18-22/h19-20H,3-18H2,1-2H3. The van der Waals surface area contributed by atoms with E-state index in [0.717, 1.165) is 38.5 Å². The first-order chi connectivity index (χ1) is 12.5. The van der Waals surface area contributed by atoms with Crippen LogP contribution in [0.15, 0.2) is 0 Å². The summed E-state index contributed by atoms with van der Waals surface area (Å²) >= 11 is 0. The van der Waals surface area contributed by atoms with E-state index in [9.17, 15) is 17.6 Å². The fraction of sp³-hybridized carbons (Fsp3) is 1.00. The molecular weight excluding hydrogens is 344 g/mol. The fourth-order valence-corrected chi connectivity index (χ4v) is 3.47. The average Bonchev–Trinajstić information content (AvgIpc) is 2.58. The molecule has 5 heteroatoms. The molecule has 158 valence electrons. The van der Waals surface area contributed by atoms with E-state index >= 15 is 0 Å². The van der Waals surface area contributed by atoms with Crippen molar-refractivity contribution in [3.63, 3.8) is 0 Å². The zero-order valence-corrected chi connectivity index (χ0v) is 16.9. The molecule has 0 N–H and O–H groups in total. The van der Waals surface area contributed by atoms with Gasteiger partial charge in [0.05, 0.1) is 18.7 Å². The summed E-state index contributed by atoms with van der Waals surface area (Å²) in [5, 5.41) is 0. The molecule has 0 spiro atoms. The lowest BCUT2D eigenvalue weighted by Gasteiger charge is -2.29. The third-order valence-corrected chi connectivity index (χ3v) is 4.99. The molecular formula is C21H40F4O. The minimum absolute atomic E-state index is 0.125. The Hall–Kier alpha value is -0.320. The zero-order valence-electron chi connectivity index (χ0n) is 16.9. The quantitative estimate of drug-likeness (QED) is 0.172. The summed E-state index contributed by atoms with van der Waals surface area (Å²) < 4.78 is 58.1. The highest BCUT2D eigenvalue weighted by Gasteiger charge is 2.44. The maximum atomic E-state index is 13.5. The summed E-state index contributed by atoms with van der Waals surface area (Å²) in [5.74, 6) is -1.37. The van der Waals surface area contributed by atoms with E-state index in [1.807, 2.05) is 0 Å². The predicted molar refractivity (Wildman–Crippen MR) is 101 cm³/mol. The van der Waals surface area contributed by atoms with Crippen LogP contribution in [0.25, 0.3) is 0 Å². The number of unbranched alkanes of at least 4 members (excludes halogenated alkanes) is 10. The molecule has 0 radical (unpaired) electrons. The van der Waals surface area contributed by atoms with Gasteiger partial charge in [-0.15, -0.1) is 0 Å². The van der Waals surface area contributed by atoms with Crippen molar-refractivity contribution in [2.24, 2.45) is 5.92 Å². The zero-order chi connectivity index (χ0) is 19.7. The lowest BCUT2D eigenvalue weighted by Crippen LogP contribution is -2.36. The highest BCUT2D eigenvalue weighted by Crippen LogP contribution is 2.36. The summed E-state index contributed by atoms with van der Waals surface area (Å²) in [6.45, 7) is 3.92. The third kappa shape index (κ3) is 13.8. The van der Waals surface area contributed by atoms with Gasteiger partial charge in [0.1, 0.15) is 0 Å². The summed E-state index contributed by atoms with van der Waals surface area (Å²) in [5.41, 5.74) is 0. The van der Waals surface area contributed by atoms with E-state index in [0.29, 0.717) is 25.9 Å². The van der Waals surface area contributed by atoms with Crippen LogP contribution in [0.1, 0.15) is 104 Å². The summed E-state index contributed by atoms with van der Waals surface area (Å²) in [7, 11) is 0. The maximum Gasteiger partial charge on any atom is 0.394 e. The Morgan fingerprint density at radius 2 is 1.19 bits per heavy atom. The van der Waals surface area contributed by atoms with E-state index in [4.69, 9.17) is 4.74 Å². The lowest BCUT2D eigenvalue weighted by molar-refractivity contribution is -0.210. The summed E-state index contributed by atoms with van der Waals surface area (Å²) in [6.07, 6.45) is 6.79. The third-order valence-electron chi connectivity index (χ3n) is 4.99. The van der Waals surface area contributed by atoms with Crippen LogP contribution < -0.4 is 0 Å². The van der Waals surface area contributed by atoms with E-state index in [-0.39, 0.29) is 13.1 Å². The highest BCUT2D eigenvalue weighted by atomic mass is 19.4. The molecule has 0 amide bonds. The van der Waals surface area contributed by atoms with Crippen molar-refractivity contribution < 1.29 is 22.3 Å². The summed E-state index contributed by atoms with van der Waals surface area (Å²) in [4.78, 5) is 0. The molecule has 0 aromatic heterocycles. The molecule has 0 rings (SSSR count). The van der Waals surface area contributed by atoms with Crippen LogP contribution in [0, 0.1) is 5.92 Å². The molecule has 2 unspecified atom stereocenters. The van der Waals surface area contributed by atoms with Gasteiger partial charge in [0.2, 0.25) is 0 Å². The van der Waals surface area contributed by atoms with Crippen molar-refractivity contribution in [1.29, 1.82) is 0 Å². The van der Waals surface area contributed by atoms with Crippen LogP contribution in [-0.4, -0.2) is 25.6 Å². The van der Waals surface area contributed by atoms with Crippen LogP contribution in [-0.2, 0) is 4.74 Å². The van der Waals surface area contributed by atoms with Gasteiger partial charge in [0.25, 0.3) is 0 Å². The van der Waals surface area contributed by atoms with Gasteiger partial charge < -0.3 is 4.74 Å². The Morgan fingerprint density at radius 1 is 0.692 bits per heavy atom. The molecule has 0 heterocycles. The van der Waals surface area contributed by atoms with Crippen molar-refractivity contribution >= 4 is 0 Å². The van der Waals surface area contributed by atoms with Gasteiger partial charge in [-0.25, -0.2) is 0 Å². The number of alkyl halides is 4. The minimum atomic E-state index is -4.21. The van der Waals surface area contributed by atoms with Crippen LogP contribution in [0.5, 0.6) is 0 Å². The normalized spacial score (nSPS) is 14.5. The van der Waals surface area contributed by atoms with Crippen LogP contribution in [0.2, 0.25) is 0 Å². The number of rotatable bonds is 18. The molecule has 0 aliphatic carbocycles.